The normalized spacial score (nSPS) is 11.1. The van der Waals surface area contributed by atoms with Crippen molar-refractivity contribution in [2.24, 2.45) is 0 Å². The Kier molecular flexibility index (Phi) is 7.09. The highest BCUT2D eigenvalue weighted by molar-refractivity contribution is 7.92. The first kappa shape index (κ1) is 24.3. The molecular weight excluding hydrogens is 486 g/mol. The van der Waals surface area contributed by atoms with Crippen molar-refractivity contribution in [2.75, 3.05) is 22.5 Å². The number of sulfonamides is 1. The van der Waals surface area contributed by atoms with Gasteiger partial charge in [-0.3, -0.25) is 4.72 Å². The van der Waals surface area contributed by atoms with Gasteiger partial charge in [0.25, 0.3) is 10.0 Å². The minimum atomic E-state index is -3.78. The lowest BCUT2D eigenvalue weighted by molar-refractivity contribution is 0.415. The Bertz CT molecular complexity index is 1440. The monoisotopic (exact) mass is 509 g/mol. The molecule has 180 valence electrons. The summed E-state index contributed by atoms with van der Waals surface area (Å²) in [6, 6.07) is 20.9. The van der Waals surface area contributed by atoms with Gasteiger partial charge in [0.1, 0.15) is 11.6 Å². The lowest BCUT2D eigenvalue weighted by Gasteiger charge is -2.12. The lowest BCUT2D eigenvalue weighted by atomic mass is 10.2. The third kappa shape index (κ3) is 6.20. The predicted octanol–water partition coefficient (Wildman–Crippen LogP) is 6.04. The molecule has 1 aromatic heterocycles. The minimum Gasteiger partial charge on any atom is -0.497 e. The fraction of sp³-hybridized carbons (Fsp3) is 0.120. The number of ether oxygens (including phenoxy) is 1. The molecule has 3 N–H and O–H groups in total. The van der Waals surface area contributed by atoms with Crippen molar-refractivity contribution >= 4 is 50.5 Å². The maximum Gasteiger partial charge on any atom is 0.262 e. The summed E-state index contributed by atoms with van der Waals surface area (Å²) in [5.74, 6) is 1.81. The minimum absolute atomic E-state index is 0.136. The summed E-state index contributed by atoms with van der Waals surface area (Å²) in [6.07, 6.45) is 0. The van der Waals surface area contributed by atoms with Crippen LogP contribution in [0.1, 0.15) is 11.3 Å². The van der Waals surface area contributed by atoms with E-state index in [2.05, 4.69) is 25.3 Å². The van der Waals surface area contributed by atoms with Crippen molar-refractivity contribution in [1.29, 1.82) is 0 Å². The van der Waals surface area contributed by atoms with Crippen molar-refractivity contribution in [3.05, 3.63) is 89.1 Å². The van der Waals surface area contributed by atoms with Gasteiger partial charge >= 0.3 is 0 Å². The van der Waals surface area contributed by atoms with Gasteiger partial charge in [-0.2, -0.15) is 4.98 Å². The molecule has 0 aliphatic carbocycles. The molecule has 0 radical (unpaired) electrons. The van der Waals surface area contributed by atoms with E-state index in [9.17, 15) is 8.42 Å². The molecule has 3 aromatic carbocycles. The number of rotatable bonds is 8. The molecule has 1 heterocycles. The highest BCUT2D eigenvalue weighted by Gasteiger charge is 2.17. The largest absolute Gasteiger partial charge is 0.497 e. The van der Waals surface area contributed by atoms with Gasteiger partial charge in [-0.25, -0.2) is 13.4 Å². The summed E-state index contributed by atoms with van der Waals surface area (Å²) in [4.78, 5) is 9.09. The van der Waals surface area contributed by atoms with Crippen molar-refractivity contribution in [3.8, 4) is 5.75 Å². The van der Waals surface area contributed by atoms with Crippen LogP contribution in [-0.2, 0) is 10.0 Å². The molecule has 0 unspecified atom stereocenters. The highest BCUT2D eigenvalue weighted by atomic mass is 35.5. The highest BCUT2D eigenvalue weighted by Crippen LogP contribution is 2.25. The van der Waals surface area contributed by atoms with E-state index in [-0.39, 0.29) is 4.90 Å². The Balaban J connectivity index is 1.47. The van der Waals surface area contributed by atoms with Gasteiger partial charge in [0, 0.05) is 33.8 Å². The number of halogens is 1. The van der Waals surface area contributed by atoms with E-state index in [4.69, 9.17) is 16.3 Å². The van der Waals surface area contributed by atoms with Gasteiger partial charge in [0.15, 0.2) is 0 Å². The van der Waals surface area contributed by atoms with E-state index in [1.165, 1.54) is 6.07 Å². The fourth-order valence-corrected chi connectivity index (χ4v) is 4.90. The van der Waals surface area contributed by atoms with E-state index in [0.29, 0.717) is 33.7 Å². The predicted molar refractivity (Wildman–Crippen MR) is 140 cm³/mol. The third-order valence-corrected chi connectivity index (χ3v) is 6.81. The lowest BCUT2D eigenvalue weighted by Crippen LogP contribution is -2.14. The van der Waals surface area contributed by atoms with Crippen LogP contribution >= 0.6 is 11.6 Å². The van der Waals surface area contributed by atoms with Gasteiger partial charge in [0.2, 0.25) is 5.95 Å². The Labute approximate surface area is 209 Å². The summed E-state index contributed by atoms with van der Waals surface area (Å²) in [7, 11) is -2.16. The molecule has 0 saturated heterocycles. The summed E-state index contributed by atoms with van der Waals surface area (Å²) in [5, 5.41) is 6.75. The number of anilines is 5. The molecule has 10 heteroatoms. The van der Waals surface area contributed by atoms with Crippen LogP contribution in [0, 0.1) is 13.8 Å². The zero-order valence-corrected chi connectivity index (χ0v) is 20.9. The maximum atomic E-state index is 12.8. The summed E-state index contributed by atoms with van der Waals surface area (Å²) < 4.78 is 33.4. The maximum absolute atomic E-state index is 12.8. The van der Waals surface area contributed by atoms with E-state index >= 15 is 0 Å². The number of benzene rings is 3. The van der Waals surface area contributed by atoms with Crippen LogP contribution in [0.5, 0.6) is 5.75 Å². The molecule has 0 spiro atoms. The number of hydrogen-bond acceptors (Lipinski definition) is 7. The second-order valence-electron chi connectivity index (χ2n) is 7.79. The Morgan fingerprint density at radius 1 is 0.800 bits per heavy atom. The zero-order valence-electron chi connectivity index (χ0n) is 19.3. The van der Waals surface area contributed by atoms with Crippen LogP contribution in [0.2, 0.25) is 5.02 Å². The zero-order chi connectivity index (χ0) is 25.0. The van der Waals surface area contributed by atoms with Crippen molar-refractivity contribution in [2.45, 2.75) is 18.7 Å². The van der Waals surface area contributed by atoms with E-state index in [0.717, 1.165) is 17.1 Å². The Morgan fingerprint density at radius 2 is 1.43 bits per heavy atom. The second kappa shape index (κ2) is 10.2. The van der Waals surface area contributed by atoms with Gasteiger partial charge in [0.05, 0.1) is 12.0 Å². The number of aryl methyl sites for hydroxylation is 2. The Hall–Kier alpha value is -3.82. The average Bonchev–Trinajstić information content (AvgIpc) is 2.82. The first-order chi connectivity index (χ1) is 16.7. The third-order valence-electron chi connectivity index (χ3n) is 5.05. The average molecular weight is 510 g/mol. The standard InChI is InChI=1S/C25H24ClN5O3S/c1-16-4-5-18(26)15-23(16)35(32,33)31-21-8-6-20(7-9-21)29-25-27-17(2)14-24(30-25)28-19-10-12-22(34-3)13-11-19/h4-15,31H,1-3H3,(H2,27,28,29,30). The van der Waals surface area contributed by atoms with Crippen LogP contribution in [0.3, 0.4) is 0 Å². The molecule has 35 heavy (non-hydrogen) atoms. The SMILES string of the molecule is COc1ccc(Nc2cc(C)nc(Nc3ccc(NS(=O)(=O)c4cc(Cl)ccc4C)cc3)n2)cc1. The Morgan fingerprint density at radius 3 is 2.11 bits per heavy atom. The molecular formula is C25H24ClN5O3S. The first-order valence-electron chi connectivity index (χ1n) is 10.6. The van der Waals surface area contributed by atoms with E-state index < -0.39 is 10.0 Å². The quantitative estimate of drug-likeness (QED) is 0.266. The number of aromatic nitrogens is 2. The molecule has 4 aromatic rings. The second-order valence-corrected chi connectivity index (χ2v) is 9.88. The molecule has 0 aliphatic rings. The van der Waals surface area contributed by atoms with Crippen LogP contribution in [0.15, 0.2) is 77.7 Å². The number of nitrogens with one attached hydrogen (secondary N) is 3. The molecule has 0 atom stereocenters. The molecule has 0 fully saturated rings. The van der Waals surface area contributed by atoms with Crippen LogP contribution in [0.25, 0.3) is 0 Å². The first-order valence-corrected chi connectivity index (χ1v) is 12.5. The van der Waals surface area contributed by atoms with Crippen LogP contribution in [-0.4, -0.2) is 25.5 Å². The number of nitrogens with zero attached hydrogens (tertiary/aromatic N) is 2. The summed E-state index contributed by atoms with van der Waals surface area (Å²) in [5.41, 5.74) is 3.37. The van der Waals surface area contributed by atoms with Crippen molar-refractivity contribution in [3.63, 3.8) is 0 Å². The van der Waals surface area contributed by atoms with Gasteiger partial charge in [-0.1, -0.05) is 17.7 Å². The van der Waals surface area contributed by atoms with E-state index in [1.54, 1.807) is 50.4 Å². The smallest absolute Gasteiger partial charge is 0.262 e. The van der Waals surface area contributed by atoms with Crippen molar-refractivity contribution < 1.29 is 13.2 Å². The molecule has 0 saturated carbocycles. The van der Waals surface area contributed by atoms with Crippen LogP contribution < -0.4 is 20.1 Å². The van der Waals surface area contributed by atoms with Gasteiger partial charge < -0.3 is 15.4 Å². The van der Waals surface area contributed by atoms with Crippen LogP contribution in [0.4, 0.5) is 28.8 Å². The van der Waals surface area contributed by atoms with Gasteiger partial charge in [-0.15, -0.1) is 0 Å². The van der Waals surface area contributed by atoms with E-state index in [1.807, 2.05) is 37.3 Å². The molecule has 0 amide bonds. The molecule has 0 bridgehead atoms. The number of methoxy groups -OCH3 is 1. The van der Waals surface area contributed by atoms with Gasteiger partial charge in [-0.05, 0) is 80.1 Å². The van der Waals surface area contributed by atoms with Crippen molar-refractivity contribution in [1.82, 2.24) is 9.97 Å². The summed E-state index contributed by atoms with van der Waals surface area (Å²) in [6.45, 7) is 3.60. The molecule has 0 aliphatic heterocycles. The molecule has 8 nitrogen and oxygen atoms in total. The summed E-state index contributed by atoms with van der Waals surface area (Å²) >= 11 is 5.98. The number of hydrogen-bond donors (Lipinski definition) is 3. The molecule has 4 rings (SSSR count). The fourth-order valence-electron chi connectivity index (χ4n) is 3.33. The topological polar surface area (TPSA) is 105 Å².